The van der Waals surface area contributed by atoms with Gasteiger partial charge in [0, 0.05) is 0 Å². The summed E-state index contributed by atoms with van der Waals surface area (Å²) in [7, 11) is 0. The lowest BCUT2D eigenvalue weighted by molar-refractivity contribution is -0.153. The number of carbonyl (C=O) groups is 2. The predicted octanol–water partition coefficient (Wildman–Crippen LogP) is 2.68. The largest absolute Gasteiger partial charge is 0.393 e. The fraction of sp³-hybridized carbons (Fsp3) is 0.833. The van der Waals surface area contributed by atoms with Gasteiger partial charge in [-0.2, -0.15) is 0 Å². The quantitative estimate of drug-likeness (QED) is 0.386. The molecule has 1 aliphatic heterocycles. The monoisotopic (exact) mass is 212 g/mol. The van der Waals surface area contributed by atoms with E-state index in [1.165, 1.54) is 19.3 Å². The summed E-state index contributed by atoms with van der Waals surface area (Å²) >= 11 is 0. The van der Waals surface area contributed by atoms with Gasteiger partial charge in [-0.1, -0.05) is 46.0 Å². The van der Waals surface area contributed by atoms with Crippen LogP contribution in [0.15, 0.2) is 0 Å². The number of cyclic esters (lactones) is 2. The number of rotatable bonds is 6. The summed E-state index contributed by atoms with van der Waals surface area (Å²) < 4.78 is 4.59. The van der Waals surface area contributed by atoms with Gasteiger partial charge < -0.3 is 4.74 Å². The molecule has 1 fully saturated rings. The normalized spacial score (nSPS) is 25.7. The van der Waals surface area contributed by atoms with E-state index < -0.39 is 0 Å². The fourth-order valence-electron chi connectivity index (χ4n) is 1.97. The van der Waals surface area contributed by atoms with E-state index >= 15 is 0 Å². The maximum absolute atomic E-state index is 11.3. The van der Waals surface area contributed by atoms with Crippen molar-refractivity contribution in [3.8, 4) is 0 Å². The number of esters is 2. The van der Waals surface area contributed by atoms with Gasteiger partial charge in [0.05, 0.1) is 11.8 Å². The topological polar surface area (TPSA) is 43.4 Å². The number of hydrogen-bond acceptors (Lipinski definition) is 3. The molecule has 15 heavy (non-hydrogen) atoms. The van der Waals surface area contributed by atoms with Crippen LogP contribution in [0.3, 0.4) is 0 Å². The fourth-order valence-corrected chi connectivity index (χ4v) is 1.97. The average molecular weight is 212 g/mol. The van der Waals surface area contributed by atoms with Gasteiger partial charge in [-0.3, -0.25) is 9.59 Å². The Balaban J connectivity index is 2.20. The molecule has 0 aromatic rings. The molecule has 2 atom stereocenters. The van der Waals surface area contributed by atoms with Gasteiger partial charge in [0.15, 0.2) is 0 Å². The lowest BCUT2D eigenvalue weighted by Crippen LogP contribution is -2.14. The molecule has 3 heteroatoms. The Morgan fingerprint density at radius 2 is 1.73 bits per heavy atom. The molecule has 0 amide bonds. The van der Waals surface area contributed by atoms with Gasteiger partial charge in [-0.15, -0.1) is 0 Å². The minimum absolute atomic E-state index is 0.181. The molecular formula is C12H20O3. The Kier molecular flexibility index (Phi) is 4.79. The highest BCUT2D eigenvalue weighted by Crippen LogP contribution is 2.27. The second-order valence-corrected chi connectivity index (χ2v) is 4.34. The molecule has 1 saturated heterocycles. The van der Waals surface area contributed by atoms with Crippen LogP contribution in [0.1, 0.15) is 52.4 Å². The molecule has 0 N–H and O–H groups in total. The minimum Gasteiger partial charge on any atom is -0.393 e. The van der Waals surface area contributed by atoms with Gasteiger partial charge in [-0.05, 0) is 6.42 Å². The predicted molar refractivity (Wildman–Crippen MR) is 57.1 cm³/mol. The molecule has 3 nitrogen and oxygen atoms in total. The molecule has 0 spiro atoms. The van der Waals surface area contributed by atoms with Crippen LogP contribution < -0.4 is 0 Å². The SMILES string of the molecule is CCCCCCCC1C(=O)OC(=O)C1C. The Morgan fingerprint density at radius 1 is 1.07 bits per heavy atom. The number of hydrogen-bond donors (Lipinski definition) is 0. The highest BCUT2D eigenvalue weighted by molar-refractivity contribution is 5.96. The van der Waals surface area contributed by atoms with Crippen LogP contribution in [0.25, 0.3) is 0 Å². The summed E-state index contributed by atoms with van der Waals surface area (Å²) in [5, 5.41) is 0. The van der Waals surface area contributed by atoms with Crippen molar-refractivity contribution < 1.29 is 14.3 Å². The van der Waals surface area contributed by atoms with Crippen LogP contribution >= 0.6 is 0 Å². The van der Waals surface area contributed by atoms with E-state index in [-0.39, 0.29) is 23.8 Å². The zero-order valence-electron chi connectivity index (χ0n) is 9.62. The molecule has 1 heterocycles. The Bertz CT molecular complexity index is 235. The molecule has 0 saturated carbocycles. The molecule has 0 bridgehead atoms. The van der Waals surface area contributed by atoms with Crippen molar-refractivity contribution in [1.82, 2.24) is 0 Å². The summed E-state index contributed by atoms with van der Waals surface area (Å²) in [6.07, 6.45) is 6.68. The van der Waals surface area contributed by atoms with Crippen molar-refractivity contribution in [3.05, 3.63) is 0 Å². The first-order valence-electron chi connectivity index (χ1n) is 5.92. The Morgan fingerprint density at radius 3 is 2.27 bits per heavy atom. The summed E-state index contributed by atoms with van der Waals surface area (Å²) in [5.74, 6) is -1.08. The maximum Gasteiger partial charge on any atom is 0.317 e. The summed E-state index contributed by atoms with van der Waals surface area (Å²) in [6.45, 7) is 3.96. The van der Waals surface area contributed by atoms with Crippen molar-refractivity contribution in [2.24, 2.45) is 11.8 Å². The van der Waals surface area contributed by atoms with Gasteiger partial charge >= 0.3 is 11.9 Å². The van der Waals surface area contributed by atoms with Crippen LogP contribution in [-0.4, -0.2) is 11.9 Å². The van der Waals surface area contributed by atoms with Crippen molar-refractivity contribution in [3.63, 3.8) is 0 Å². The van der Waals surface area contributed by atoms with Gasteiger partial charge in [-0.25, -0.2) is 0 Å². The molecule has 0 aromatic heterocycles. The first-order valence-corrected chi connectivity index (χ1v) is 5.92. The Hall–Kier alpha value is -0.860. The first-order chi connectivity index (χ1) is 7.16. The molecule has 1 aliphatic rings. The van der Waals surface area contributed by atoms with E-state index in [4.69, 9.17) is 0 Å². The average Bonchev–Trinajstić information content (AvgIpc) is 2.44. The van der Waals surface area contributed by atoms with Crippen molar-refractivity contribution >= 4 is 11.9 Å². The molecular weight excluding hydrogens is 192 g/mol. The van der Waals surface area contributed by atoms with Crippen LogP contribution in [0, 0.1) is 11.8 Å². The van der Waals surface area contributed by atoms with Crippen LogP contribution in [0.5, 0.6) is 0 Å². The smallest absolute Gasteiger partial charge is 0.317 e. The van der Waals surface area contributed by atoms with Crippen LogP contribution in [0.4, 0.5) is 0 Å². The third-order valence-electron chi connectivity index (χ3n) is 3.10. The third-order valence-corrected chi connectivity index (χ3v) is 3.10. The van der Waals surface area contributed by atoms with E-state index in [1.807, 2.05) is 0 Å². The van der Waals surface area contributed by atoms with Crippen molar-refractivity contribution in [1.29, 1.82) is 0 Å². The summed E-state index contributed by atoms with van der Waals surface area (Å²) in [6, 6.07) is 0. The molecule has 1 rings (SSSR count). The maximum atomic E-state index is 11.3. The van der Waals surface area contributed by atoms with Gasteiger partial charge in [0.2, 0.25) is 0 Å². The number of ether oxygens (including phenoxy) is 1. The van der Waals surface area contributed by atoms with E-state index in [2.05, 4.69) is 11.7 Å². The lowest BCUT2D eigenvalue weighted by atomic mass is 9.91. The van der Waals surface area contributed by atoms with E-state index in [9.17, 15) is 9.59 Å². The second-order valence-electron chi connectivity index (χ2n) is 4.34. The zero-order chi connectivity index (χ0) is 11.3. The second kappa shape index (κ2) is 5.89. The minimum atomic E-state index is -0.349. The third kappa shape index (κ3) is 3.33. The van der Waals surface area contributed by atoms with Crippen LogP contribution in [-0.2, 0) is 14.3 Å². The van der Waals surface area contributed by atoms with E-state index in [0.717, 1.165) is 19.3 Å². The van der Waals surface area contributed by atoms with Gasteiger partial charge in [0.25, 0.3) is 0 Å². The highest BCUT2D eigenvalue weighted by Gasteiger charge is 2.40. The number of carbonyl (C=O) groups excluding carboxylic acids is 2. The number of unbranched alkanes of at least 4 members (excludes halogenated alkanes) is 4. The molecule has 2 unspecified atom stereocenters. The lowest BCUT2D eigenvalue weighted by Gasteiger charge is -2.08. The van der Waals surface area contributed by atoms with Gasteiger partial charge in [0.1, 0.15) is 0 Å². The molecule has 0 aliphatic carbocycles. The van der Waals surface area contributed by atoms with E-state index in [0.29, 0.717) is 0 Å². The highest BCUT2D eigenvalue weighted by atomic mass is 16.6. The van der Waals surface area contributed by atoms with Crippen LogP contribution in [0.2, 0.25) is 0 Å². The summed E-state index contributed by atoms with van der Waals surface area (Å²) in [5.41, 5.74) is 0. The molecule has 0 radical (unpaired) electrons. The molecule has 0 aromatic carbocycles. The zero-order valence-corrected chi connectivity index (χ0v) is 9.62. The molecule has 86 valence electrons. The first kappa shape index (κ1) is 12.2. The van der Waals surface area contributed by atoms with Crippen molar-refractivity contribution in [2.45, 2.75) is 52.4 Å². The standard InChI is InChI=1S/C12H20O3/c1-3-4-5-6-7-8-10-9(2)11(13)15-12(10)14/h9-10H,3-8H2,1-2H3. The van der Waals surface area contributed by atoms with E-state index in [1.54, 1.807) is 6.92 Å². The van der Waals surface area contributed by atoms with Crippen molar-refractivity contribution in [2.75, 3.05) is 0 Å². The Labute approximate surface area is 91.2 Å². The summed E-state index contributed by atoms with van der Waals surface area (Å²) in [4.78, 5) is 22.4.